The normalized spacial score (nSPS) is 18.2. The third kappa shape index (κ3) is 1.76. The van der Waals surface area contributed by atoms with E-state index in [1.165, 1.54) is 6.07 Å². The zero-order chi connectivity index (χ0) is 12.5. The first-order valence-electron chi connectivity index (χ1n) is 6.01. The largest absolute Gasteiger partial charge is 0.507 e. The van der Waals surface area contributed by atoms with Crippen LogP contribution in [0.25, 0.3) is 0 Å². The van der Waals surface area contributed by atoms with Crippen LogP contribution >= 0.6 is 0 Å². The van der Waals surface area contributed by atoms with Crippen LogP contribution in [0.2, 0.25) is 0 Å². The minimum atomic E-state index is 0.0960. The highest BCUT2D eigenvalue weighted by molar-refractivity contribution is 5.54. The van der Waals surface area contributed by atoms with Crippen LogP contribution in [0.15, 0.2) is 60.7 Å². The van der Waals surface area contributed by atoms with Crippen molar-refractivity contribution >= 4 is 0 Å². The summed E-state index contributed by atoms with van der Waals surface area (Å²) in [5.74, 6) is 0.476. The number of rotatable bonds is 2. The summed E-state index contributed by atoms with van der Waals surface area (Å²) in [4.78, 5) is 0. The van der Waals surface area contributed by atoms with Gasteiger partial charge in [-0.25, -0.2) is 0 Å². The second kappa shape index (κ2) is 4.22. The molecule has 0 aromatic heterocycles. The molecule has 2 heteroatoms. The van der Waals surface area contributed by atoms with Crippen LogP contribution in [0.4, 0.5) is 0 Å². The molecule has 18 heavy (non-hydrogen) atoms. The third-order valence-corrected chi connectivity index (χ3v) is 3.39. The van der Waals surface area contributed by atoms with Gasteiger partial charge in [0.15, 0.2) is 0 Å². The van der Waals surface area contributed by atoms with Crippen molar-refractivity contribution in [1.82, 2.24) is 0 Å². The van der Waals surface area contributed by atoms with Gasteiger partial charge < -0.3 is 10.2 Å². The van der Waals surface area contributed by atoms with Crippen molar-refractivity contribution in [2.24, 2.45) is 0 Å². The van der Waals surface area contributed by atoms with E-state index in [-0.39, 0.29) is 23.3 Å². The van der Waals surface area contributed by atoms with E-state index >= 15 is 0 Å². The molecule has 2 aliphatic carbocycles. The average molecular weight is 238 g/mol. The maximum atomic E-state index is 9.96. The predicted molar refractivity (Wildman–Crippen MR) is 71.8 cm³/mol. The summed E-state index contributed by atoms with van der Waals surface area (Å²) < 4.78 is 0. The number of hydrogen-bond donors (Lipinski definition) is 2. The van der Waals surface area contributed by atoms with E-state index in [9.17, 15) is 10.2 Å². The molecule has 0 radical (unpaired) electrons. The summed E-state index contributed by atoms with van der Waals surface area (Å²) in [7, 11) is 0. The fourth-order valence-corrected chi connectivity index (χ4v) is 2.42. The van der Waals surface area contributed by atoms with Gasteiger partial charge in [-0.2, -0.15) is 0 Å². The van der Waals surface area contributed by atoms with E-state index in [1.54, 1.807) is 0 Å². The molecule has 1 aromatic rings. The lowest BCUT2D eigenvalue weighted by atomic mass is 9.92. The highest BCUT2D eigenvalue weighted by Crippen LogP contribution is 2.39. The van der Waals surface area contributed by atoms with Crippen LogP contribution in [-0.2, 0) is 0 Å². The van der Waals surface area contributed by atoms with Crippen molar-refractivity contribution in [2.75, 3.05) is 0 Å². The van der Waals surface area contributed by atoms with Gasteiger partial charge in [-0.1, -0.05) is 48.6 Å². The van der Waals surface area contributed by atoms with Gasteiger partial charge in [0.25, 0.3) is 0 Å². The zero-order valence-electron chi connectivity index (χ0n) is 9.82. The number of benzene rings is 1. The summed E-state index contributed by atoms with van der Waals surface area (Å²) in [6.07, 6.45) is 16.0. The van der Waals surface area contributed by atoms with E-state index in [0.29, 0.717) is 0 Å². The Morgan fingerprint density at radius 3 is 1.39 bits per heavy atom. The molecule has 3 rings (SSSR count). The lowest BCUT2D eigenvalue weighted by molar-refractivity contribution is 0.441. The molecular weight excluding hydrogens is 224 g/mol. The molecule has 0 atom stereocenters. The highest BCUT2D eigenvalue weighted by Gasteiger charge is 2.19. The van der Waals surface area contributed by atoms with Crippen molar-refractivity contribution < 1.29 is 10.2 Å². The molecule has 0 bridgehead atoms. The minimum absolute atomic E-state index is 0.0960. The number of phenols is 2. The smallest absolute Gasteiger partial charge is 0.123 e. The van der Waals surface area contributed by atoms with Crippen molar-refractivity contribution in [3.8, 4) is 11.5 Å². The molecule has 0 aliphatic heterocycles. The first-order valence-corrected chi connectivity index (χ1v) is 6.01. The standard InChI is InChI=1S/C16H14O2/c17-15-10-16(18)14(12-7-3-4-8-12)9-13(15)11-5-1-2-6-11/h1-12,17-18H. The molecule has 0 unspecified atom stereocenters. The predicted octanol–water partition coefficient (Wildman–Crippen LogP) is 3.52. The van der Waals surface area contributed by atoms with Crippen LogP contribution in [0.3, 0.4) is 0 Å². The Labute approximate surface area is 106 Å². The summed E-state index contributed by atoms with van der Waals surface area (Å²) >= 11 is 0. The molecule has 2 nitrogen and oxygen atoms in total. The highest BCUT2D eigenvalue weighted by atomic mass is 16.3. The molecule has 0 fully saturated rings. The Morgan fingerprint density at radius 1 is 0.611 bits per heavy atom. The zero-order valence-corrected chi connectivity index (χ0v) is 9.82. The van der Waals surface area contributed by atoms with Crippen molar-refractivity contribution in [2.45, 2.75) is 11.8 Å². The van der Waals surface area contributed by atoms with Gasteiger partial charge in [0.2, 0.25) is 0 Å². The minimum Gasteiger partial charge on any atom is -0.507 e. The number of hydrogen-bond acceptors (Lipinski definition) is 2. The maximum absolute atomic E-state index is 9.96. The summed E-state index contributed by atoms with van der Waals surface area (Å²) in [6.45, 7) is 0. The third-order valence-electron chi connectivity index (χ3n) is 3.39. The van der Waals surface area contributed by atoms with Gasteiger partial charge in [0.1, 0.15) is 11.5 Å². The fourth-order valence-electron chi connectivity index (χ4n) is 2.42. The molecule has 2 N–H and O–H groups in total. The SMILES string of the molecule is Oc1cc(O)c(C2C=CC=C2)cc1C1C=CC=C1. The molecule has 0 amide bonds. The van der Waals surface area contributed by atoms with E-state index in [0.717, 1.165) is 11.1 Å². The molecule has 0 heterocycles. The van der Waals surface area contributed by atoms with Gasteiger partial charge in [-0.3, -0.25) is 0 Å². The average Bonchev–Trinajstić information content (AvgIpc) is 3.01. The summed E-state index contributed by atoms with van der Waals surface area (Å²) in [5, 5.41) is 19.9. The first-order chi connectivity index (χ1) is 8.75. The molecule has 1 aromatic carbocycles. The van der Waals surface area contributed by atoms with Crippen molar-refractivity contribution in [1.29, 1.82) is 0 Å². The van der Waals surface area contributed by atoms with Crippen molar-refractivity contribution in [3.05, 3.63) is 71.9 Å². The Kier molecular flexibility index (Phi) is 2.56. The quantitative estimate of drug-likeness (QED) is 0.827. The van der Waals surface area contributed by atoms with Crippen LogP contribution < -0.4 is 0 Å². The topological polar surface area (TPSA) is 40.5 Å². The van der Waals surface area contributed by atoms with Gasteiger partial charge in [0.05, 0.1) is 0 Å². The summed E-state index contributed by atoms with van der Waals surface area (Å²) in [5.41, 5.74) is 1.67. The van der Waals surface area contributed by atoms with Crippen LogP contribution in [0, 0.1) is 0 Å². The second-order valence-corrected chi connectivity index (χ2v) is 4.56. The van der Waals surface area contributed by atoms with E-state index in [1.807, 2.05) is 54.7 Å². The van der Waals surface area contributed by atoms with Crippen molar-refractivity contribution in [3.63, 3.8) is 0 Å². The maximum Gasteiger partial charge on any atom is 0.123 e. The molecular formula is C16H14O2. The number of phenolic OH excluding ortho intramolecular Hbond substituents is 2. The van der Waals surface area contributed by atoms with Gasteiger partial charge in [0, 0.05) is 29.0 Å². The molecule has 0 spiro atoms. The van der Waals surface area contributed by atoms with E-state index < -0.39 is 0 Å². The molecule has 2 aliphatic rings. The lowest BCUT2D eigenvalue weighted by Gasteiger charge is -2.15. The monoisotopic (exact) mass is 238 g/mol. The number of aromatic hydroxyl groups is 2. The van der Waals surface area contributed by atoms with E-state index in [2.05, 4.69) is 0 Å². The Bertz CT molecular complexity index is 518. The van der Waals surface area contributed by atoms with Crippen LogP contribution in [0.1, 0.15) is 23.0 Å². The number of allylic oxidation sites excluding steroid dienone is 8. The Balaban J connectivity index is 2.07. The van der Waals surface area contributed by atoms with Crippen LogP contribution in [-0.4, -0.2) is 10.2 Å². The fraction of sp³-hybridized carbons (Fsp3) is 0.125. The lowest BCUT2D eigenvalue weighted by Crippen LogP contribution is -1.96. The Morgan fingerprint density at radius 2 is 1.00 bits per heavy atom. The Hall–Kier alpha value is -2.22. The second-order valence-electron chi connectivity index (χ2n) is 4.56. The summed E-state index contributed by atoms with van der Waals surface area (Å²) in [6, 6.07) is 3.32. The first kappa shape index (κ1) is 10.9. The van der Waals surface area contributed by atoms with Gasteiger partial charge in [-0.15, -0.1) is 0 Å². The van der Waals surface area contributed by atoms with Gasteiger partial charge >= 0.3 is 0 Å². The van der Waals surface area contributed by atoms with Gasteiger partial charge in [-0.05, 0) is 6.07 Å². The molecule has 0 saturated heterocycles. The van der Waals surface area contributed by atoms with E-state index in [4.69, 9.17) is 0 Å². The van der Waals surface area contributed by atoms with Crippen LogP contribution in [0.5, 0.6) is 11.5 Å². The molecule has 90 valence electrons. The molecule has 0 saturated carbocycles.